The molecule has 0 aliphatic rings. The van der Waals surface area contributed by atoms with E-state index in [2.05, 4.69) is 25.0 Å². The van der Waals surface area contributed by atoms with E-state index in [1.54, 1.807) is 42.8 Å². The van der Waals surface area contributed by atoms with E-state index in [1.165, 1.54) is 0 Å². The average Bonchev–Trinajstić information content (AvgIpc) is 3.25. The largest absolute Gasteiger partial charge is 0.497 e. The summed E-state index contributed by atoms with van der Waals surface area (Å²) in [5, 5.41) is 4.45. The highest BCUT2D eigenvalue weighted by Crippen LogP contribution is 2.21. The zero-order valence-corrected chi connectivity index (χ0v) is 15.6. The molecule has 0 aliphatic carbocycles. The highest BCUT2D eigenvalue weighted by atomic mass is 16.5. The summed E-state index contributed by atoms with van der Waals surface area (Å²) in [4.78, 5) is 19.4. The quantitative estimate of drug-likeness (QED) is 0.514. The number of aromatic nitrogens is 6. The standard InChI is InChI=1S/C20H19N7O/c1-26(14-16-12-21-8-9-22-16)20-23-7-6-19(25-20)15-11-24-27(13-15)17-4-3-5-18(10-17)28-2/h3-13H,14H2,1-2H3. The molecule has 3 aromatic heterocycles. The van der Waals surface area contributed by atoms with Crippen LogP contribution < -0.4 is 9.64 Å². The Balaban J connectivity index is 1.57. The van der Waals surface area contributed by atoms with Crippen molar-refractivity contribution in [1.29, 1.82) is 0 Å². The minimum Gasteiger partial charge on any atom is -0.497 e. The monoisotopic (exact) mass is 373 g/mol. The summed E-state index contributed by atoms with van der Waals surface area (Å²) in [5.74, 6) is 1.39. The second-order valence-electron chi connectivity index (χ2n) is 6.17. The Hall–Kier alpha value is -3.81. The van der Waals surface area contributed by atoms with Crippen LogP contribution in [0.25, 0.3) is 16.9 Å². The first-order valence-corrected chi connectivity index (χ1v) is 8.71. The Morgan fingerprint density at radius 3 is 2.82 bits per heavy atom. The molecule has 28 heavy (non-hydrogen) atoms. The number of anilines is 1. The second-order valence-corrected chi connectivity index (χ2v) is 6.17. The summed E-state index contributed by atoms with van der Waals surface area (Å²) in [6.07, 6.45) is 10.5. The molecule has 0 fully saturated rings. The van der Waals surface area contributed by atoms with E-state index >= 15 is 0 Å². The number of rotatable bonds is 6. The van der Waals surface area contributed by atoms with Gasteiger partial charge < -0.3 is 9.64 Å². The minimum atomic E-state index is 0.570. The first kappa shape index (κ1) is 17.6. The SMILES string of the molecule is COc1cccc(-n2cc(-c3ccnc(N(C)Cc4cnccn4)n3)cn2)c1. The first-order chi connectivity index (χ1) is 13.7. The van der Waals surface area contributed by atoms with Crippen LogP contribution in [0.2, 0.25) is 0 Å². The minimum absolute atomic E-state index is 0.570. The Morgan fingerprint density at radius 2 is 2.00 bits per heavy atom. The van der Waals surface area contributed by atoms with Gasteiger partial charge in [0.1, 0.15) is 5.75 Å². The first-order valence-electron chi connectivity index (χ1n) is 8.71. The molecule has 0 saturated carbocycles. The average molecular weight is 373 g/mol. The number of methoxy groups -OCH3 is 1. The van der Waals surface area contributed by atoms with Gasteiger partial charge in [0, 0.05) is 43.5 Å². The van der Waals surface area contributed by atoms with Crippen LogP contribution in [0, 0.1) is 0 Å². The highest BCUT2D eigenvalue weighted by molar-refractivity contribution is 5.59. The molecule has 0 atom stereocenters. The smallest absolute Gasteiger partial charge is 0.225 e. The zero-order chi connectivity index (χ0) is 19.3. The lowest BCUT2D eigenvalue weighted by Gasteiger charge is -2.16. The van der Waals surface area contributed by atoms with E-state index in [9.17, 15) is 0 Å². The molecule has 0 spiro atoms. The van der Waals surface area contributed by atoms with E-state index < -0.39 is 0 Å². The molecule has 0 radical (unpaired) electrons. The van der Waals surface area contributed by atoms with Crippen LogP contribution in [0.5, 0.6) is 5.75 Å². The van der Waals surface area contributed by atoms with E-state index in [1.807, 2.05) is 48.5 Å². The fourth-order valence-corrected chi connectivity index (χ4v) is 2.77. The van der Waals surface area contributed by atoms with Crippen molar-refractivity contribution in [2.75, 3.05) is 19.1 Å². The zero-order valence-electron chi connectivity index (χ0n) is 15.6. The van der Waals surface area contributed by atoms with Gasteiger partial charge in [0.25, 0.3) is 0 Å². The molecule has 0 unspecified atom stereocenters. The van der Waals surface area contributed by atoms with E-state index in [0.717, 1.165) is 28.4 Å². The summed E-state index contributed by atoms with van der Waals surface area (Å²) >= 11 is 0. The topological polar surface area (TPSA) is 81.9 Å². The maximum atomic E-state index is 5.28. The molecule has 8 nitrogen and oxygen atoms in total. The van der Waals surface area contributed by atoms with Crippen molar-refractivity contribution in [1.82, 2.24) is 29.7 Å². The van der Waals surface area contributed by atoms with Crippen molar-refractivity contribution in [3.05, 3.63) is 73.2 Å². The number of hydrogen-bond acceptors (Lipinski definition) is 7. The summed E-state index contributed by atoms with van der Waals surface area (Å²) in [5.41, 5.74) is 3.47. The third-order valence-electron chi connectivity index (χ3n) is 4.20. The van der Waals surface area contributed by atoms with Gasteiger partial charge in [0.15, 0.2) is 0 Å². The molecule has 0 aliphatic heterocycles. The van der Waals surface area contributed by atoms with Gasteiger partial charge in [-0.3, -0.25) is 9.97 Å². The Labute approximate surface area is 162 Å². The van der Waals surface area contributed by atoms with Gasteiger partial charge in [-0.05, 0) is 18.2 Å². The van der Waals surface area contributed by atoms with Gasteiger partial charge in [0.2, 0.25) is 5.95 Å². The fraction of sp³-hybridized carbons (Fsp3) is 0.150. The molecule has 0 amide bonds. The van der Waals surface area contributed by atoms with E-state index in [-0.39, 0.29) is 0 Å². The summed E-state index contributed by atoms with van der Waals surface area (Å²) in [6.45, 7) is 0.570. The van der Waals surface area contributed by atoms with Crippen LogP contribution >= 0.6 is 0 Å². The summed E-state index contributed by atoms with van der Waals surface area (Å²) in [7, 11) is 3.57. The molecule has 4 aromatic rings. The van der Waals surface area contributed by atoms with Crippen molar-refractivity contribution in [2.45, 2.75) is 6.54 Å². The predicted molar refractivity (Wildman–Crippen MR) is 105 cm³/mol. The highest BCUT2D eigenvalue weighted by Gasteiger charge is 2.10. The van der Waals surface area contributed by atoms with Gasteiger partial charge >= 0.3 is 0 Å². The number of ether oxygens (including phenoxy) is 1. The van der Waals surface area contributed by atoms with Crippen molar-refractivity contribution >= 4 is 5.95 Å². The summed E-state index contributed by atoms with van der Waals surface area (Å²) < 4.78 is 7.08. The normalized spacial score (nSPS) is 10.6. The van der Waals surface area contributed by atoms with Crippen molar-refractivity contribution in [3.63, 3.8) is 0 Å². The lowest BCUT2D eigenvalue weighted by Crippen LogP contribution is -2.20. The maximum absolute atomic E-state index is 5.28. The van der Waals surface area contributed by atoms with Crippen LogP contribution in [-0.4, -0.2) is 43.9 Å². The van der Waals surface area contributed by atoms with Crippen molar-refractivity contribution < 1.29 is 4.74 Å². The van der Waals surface area contributed by atoms with Gasteiger partial charge in [-0.15, -0.1) is 0 Å². The second kappa shape index (κ2) is 7.83. The molecule has 0 bridgehead atoms. The lowest BCUT2D eigenvalue weighted by atomic mass is 10.2. The van der Waals surface area contributed by atoms with E-state index in [0.29, 0.717) is 12.5 Å². The summed E-state index contributed by atoms with van der Waals surface area (Å²) in [6, 6.07) is 9.60. The Kier molecular flexibility index (Phi) is 4.92. The fourth-order valence-electron chi connectivity index (χ4n) is 2.77. The van der Waals surface area contributed by atoms with Gasteiger partial charge in [0.05, 0.1) is 43.1 Å². The molecule has 1 aromatic carbocycles. The van der Waals surface area contributed by atoms with Crippen LogP contribution in [0.1, 0.15) is 5.69 Å². The molecule has 3 heterocycles. The number of hydrogen-bond donors (Lipinski definition) is 0. The van der Waals surface area contributed by atoms with E-state index in [4.69, 9.17) is 4.74 Å². The molecule has 8 heteroatoms. The van der Waals surface area contributed by atoms with Crippen molar-refractivity contribution in [2.24, 2.45) is 0 Å². The van der Waals surface area contributed by atoms with Crippen LogP contribution in [0.3, 0.4) is 0 Å². The Morgan fingerprint density at radius 1 is 1.07 bits per heavy atom. The van der Waals surface area contributed by atoms with Crippen LogP contribution in [-0.2, 0) is 6.54 Å². The third-order valence-corrected chi connectivity index (χ3v) is 4.20. The van der Waals surface area contributed by atoms with Gasteiger partial charge in [-0.25, -0.2) is 14.6 Å². The number of benzene rings is 1. The van der Waals surface area contributed by atoms with Gasteiger partial charge in [-0.2, -0.15) is 5.10 Å². The molecule has 0 N–H and O–H groups in total. The van der Waals surface area contributed by atoms with Crippen molar-refractivity contribution in [3.8, 4) is 22.7 Å². The third kappa shape index (κ3) is 3.80. The molecule has 4 rings (SSSR count). The molecule has 0 saturated heterocycles. The predicted octanol–water partition coefficient (Wildman–Crippen LogP) is 2.76. The Bertz CT molecular complexity index is 1060. The molecular formula is C20H19N7O. The number of nitrogens with zero attached hydrogens (tertiary/aromatic N) is 7. The van der Waals surface area contributed by atoms with Gasteiger partial charge in [-0.1, -0.05) is 6.07 Å². The molecular weight excluding hydrogens is 354 g/mol. The molecule has 140 valence electrons. The van der Waals surface area contributed by atoms with Crippen LogP contribution in [0.4, 0.5) is 5.95 Å². The lowest BCUT2D eigenvalue weighted by molar-refractivity contribution is 0.414. The van der Waals surface area contributed by atoms with Crippen LogP contribution in [0.15, 0.2) is 67.5 Å². The maximum Gasteiger partial charge on any atom is 0.225 e.